The molecule has 2 aliphatic carbocycles. The zero-order chi connectivity index (χ0) is 9.91. The predicted molar refractivity (Wildman–Crippen MR) is 56.4 cm³/mol. The van der Waals surface area contributed by atoms with Crippen LogP contribution in [-0.4, -0.2) is 5.54 Å². The highest BCUT2D eigenvalue weighted by atomic mass is 14.9. The molecule has 0 aromatic rings. The normalized spacial score (nSPS) is 34.8. The van der Waals surface area contributed by atoms with Gasteiger partial charge in [0, 0.05) is 5.54 Å². The van der Waals surface area contributed by atoms with Gasteiger partial charge in [-0.3, -0.25) is 0 Å². The van der Waals surface area contributed by atoms with Gasteiger partial charge in [0.1, 0.15) is 0 Å². The van der Waals surface area contributed by atoms with Crippen LogP contribution in [0.1, 0.15) is 53.4 Å². The molecule has 0 aromatic heterocycles. The van der Waals surface area contributed by atoms with Crippen LogP contribution in [0.4, 0.5) is 0 Å². The van der Waals surface area contributed by atoms with Gasteiger partial charge in [0.2, 0.25) is 0 Å². The van der Waals surface area contributed by atoms with Crippen molar-refractivity contribution in [3.63, 3.8) is 0 Å². The lowest BCUT2D eigenvalue weighted by molar-refractivity contribution is 0.320. The van der Waals surface area contributed by atoms with Gasteiger partial charge in [-0.15, -0.1) is 0 Å². The van der Waals surface area contributed by atoms with Crippen LogP contribution in [0.3, 0.4) is 0 Å². The van der Waals surface area contributed by atoms with Crippen molar-refractivity contribution in [1.82, 2.24) is 0 Å². The van der Waals surface area contributed by atoms with Gasteiger partial charge in [0.25, 0.3) is 0 Å². The Balaban J connectivity index is 2.20. The summed E-state index contributed by atoms with van der Waals surface area (Å²) >= 11 is 0. The topological polar surface area (TPSA) is 26.0 Å². The minimum atomic E-state index is 0.174. The summed E-state index contributed by atoms with van der Waals surface area (Å²) in [6.07, 6.45) is 5.20. The van der Waals surface area contributed by atoms with Gasteiger partial charge in [0.15, 0.2) is 0 Å². The van der Waals surface area contributed by atoms with E-state index in [1.165, 1.54) is 25.7 Å². The molecule has 2 aliphatic rings. The summed E-state index contributed by atoms with van der Waals surface area (Å²) in [6, 6.07) is 0. The van der Waals surface area contributed by atoms with Crippen molar-refractivity contribution in [2.24, 2.45) is 22.5 Å². The average Bonchev–Trinajstić information content (AvgIpc) is 2.32. The Morgan fingerprint density at radius 1 is 0.923 bits per heavy atom. The summed E-state index contributed by atoms with van der Waals surface area (Å²) in [6.45, 7) is 9.52. The van der Waals surface area contributed by atoms with E-state index in [0.717, 1.165) is 5.92 Å². The summed E-state index contributed by atoms with van der Waals surface area (Å²) in [5, 5.41) is 0. The number of nitrogens with two attached hydrogens (primary N) is 1. The van der Waals surface area contributed by atoms with Gasteiger partial charge in [0.05, 0.1) is 0 Å². The smallest absolute Gasteiger partial charge is 0.0193 e. The first kappa shape index (κ1) is 9.51. The predicted octanol–water partition coefficient (Wildman–Crippen LogP) is 2.94. The van der Waals surface area contributed by atoms with E-state index in [0.29, 0.717) is 10.8 Å². The van der Waals surface area contributed by atoms with Gasteiger partial charge in [-0.1, -0.05) is 40.5 Å². The maximum absolute atomic E-state index is 6.52. The molecule has 0 aromatic carbocycles. The van der Waals surface area contributed by atoms with Crippen molar-refractivity contribution >= 4 is 0 Å². The highest BCUT2D eigenvalue weighted by Gasteiger charge is 2.70. The fourth-order valence-corrected chi connectivity index (χ4v) is 3.96. The van der Waals surface area contributed by atoms with Crippen LogP contribution < -0.4 is 5.73 Å². The summed E-state index contributed by atoms with van der Waals surface area (Å²) in [5.74, 6) is 0.745. The summed E-state index contributed by atoms with van der Waals surface area (Å²) in [4.78, 5) is 0. The highest BCUT2D eigenvalue weighted by Crippen LogP contribution is 2.73. The monoisotopic (exact) mass is 181 g/mol. The van der Waals surface area contributed by atoms with Crippen LogP contribution in [0.2, 0.25) is 0 Å². The standard InChI is InChI=1S/C12H23N/c1-10(2)9(11(10,3)4)12(13)7-5-6-8-12/h9H,5-8,13H2,1-4H3. The Morgan fingerprint density at radius 2 is 1.31 bits per heavy atom. The van der Waals surface area contributed by atoms with Crippen LogP contribution in [-0.2, 0) is 0 Å². The van der Waals surface area contributed by atoms with Gasteiger partial charge in [-0.05, 0) is 29.6 Å². The second-order valence-corrected chi connectivity index (χ2v) is 6.32. The molecule has 0 amide bonds. The van der Waals surface area contributed by atoms with Gasteiger partial charge in [-0.2, -0.15) is 0 Å². The van der Waals surface area contributed by atoms with Crippen molar-refractivity contribution in [1.29, 1.82) is 0 Å². The molecule has 0 bridgehead atoms. The molecule has 0 heterocycles. The lowest BCUT2D eigenvalue weighted by Gasteiger charge is -2.26. The Morgan fingerprint density at radius 3 is 1.62 bits per heavy atom. The number of hydrogen-bond acceptors (Lipinski definition) is 1. The SMILES string of the molecule is CC1(C)C(C2(N)CCCC2)C1(C)C. The molecule has 0 atom stereocenters. The van der Waals surface area contributed by atoms with Gasteiger partial charge < -0.3 is 5.73 Å². The first-order chi connectivity index (χ1) is 5.82. The molecule has 0 aliphatic heterocycles. The number of rotatable bonds is 1. The van der Waals surface area contributed by atoms with Crippen LogP contribution in [0.25, 0.3) is 0 Å². The van der Waals surface area contributed by atoms with Gasteiger partial charge >= 0.3 is 0 Å². The third kappa shape index (κ3) is 1.03. The minimum Gasteiger partial charge on any atom is -0.325 e. The minimum absolute atomic E-state index is 0.174. The molecule has 0 radical (unpaired) electrons. The Hall–Kier alpha value is -0.0400. The first-order valence-corrected chi connectivity index (χ1v) is 5.61. The van der Waals surface area contributed by atoms with E-state index in [2.05, 4.69) is 27.7 Å². The van der Waals surface area contributed by atoms with Crippen molar-refractivity contribution in [3.8, 4) is 0 Å². The zero-order valence-corrected chi connectivity index (χ0v) is 9.48. The molecule has 2 saturated carbocycles. The molecule has 2 N–H and O–H groups in total. The van der Waals surface area contributed by atoms with E-state index in [1.807, 2.05) is 0 Å². The fourth-order valence-electron chi connectivity index (χ4n) is 3.96. The van der Waals surface area contributed by atoms with Gasteiger partial charge in [-0.25, -0.2) is 0 Å². The summed E-state index contributed by atoms with van der Waals surface area (Å²) in [5.41, 5.74) is 7.62. The zero-order valence-electron chi connectivity index (χ0n) is 9.48. The Labute approximate surface area is 82.1 Å². The van der Waals surface area contributed by atoms with E-state index < -0.39 is 0 Å². The van der Waals surface area contributed by atoms with Crippen LogP contribution in [0.5, 0.6) is 0 Å². The average molecular weight is 181 g/mol. The molecule has 1 nitrogen and oxygen atoms in total. The summed E-state index contributed by atoms with van der Waals surface area (Å²) < 4.78 is 0. The Bertz CT molecular complexity index is 207. The van der Waals surface area contributed by atoms with Crippen molar-refractivity contribution < 1.29 is 0 Å². The second kappa shape index (κ2) is 2.31. The molecule has 0 unspecified atom stereocenters. The lowest BCUT2D eigenvalue weighted by atomic mass is 9.87. The van der Waals surface area contributed by atoms with Crippen LogP contribution >= 0.6 is 0 Å². The van der Waals surface area contributed by atoms with Crippen molar-refractivity contribution in [2.75, 3.05) is 0 Å². The van der Waals surface area contributed by atoms with E-state index in [-0.39, 0.29) is 5.54 Å². The van der Waals surface area contributed by atoms with Crippen molar-refractivity contribution in [2.45, 2.75) is 58.9 Å². The third-order valence-corrected chi connectivity index (χ3v) is 5.13. The largest absolute Gasteiger partial charge is 0.325 e. The quantitative estimate of drug-likeness (QED) is 0.661. The molecule has 0 saturated heterocycles. The molecule has 76 valence electrons. The Kier molecular flexibility index (Phi) is 1.69. The number of hydrogen-bond donors (Lipinski definition) is 1. The molecular weight excluding hydrogens is 158 g/mol. The van der Waals surface area contributed by atoms with Crippen LogP contribution in [0, 0.1) is 16.7 Å². The third-order valence-electron chi connectivity index (χ3n) is 5.13. The first-order valence-electron chi connectivity index (χ1n) is 5.61. The maximum Gasteiger partial charge on any atom is 0.0193 e. The van der Waals surface area contributed by atoms with E-state index in [4.69, 9.17) is 5.73 Å². The molecule has 13 heavy (non-hydrogen) atoms. The molecule has 2 fully saturated rings. The van der Waals surface area contributed by atoms with E-state index >= 15 is 0 Å². The summed E-state index contributed by atoms with van der Waals surface area (Å²) in [7, 11) is 0. The maximum atomic E-state index is 6.52. The van der Waals surface area contributed by atoms with Crippen molar-refractivity contribution in [3.05, 3.63) is 0 Å². The molecule has 2 rings (SSSR count). The fraction of sp³-hybridized carbons (Fsp3) is 1.00. The van der Waals surface area contributed by atoms with E-state index in [9.17, 15) is 0 Å². The van der Waals surface area contributed by atoms with E-state index in [1.54, 1.807) is 0 Å². The molecule has 0 spiro atoms. The molecular formula is C12H23N. The highest BCUT2D eigenvalue weighted by molar-refractivity contribution is 5.21. The second-order valence-electron chi connectivity index (χ2n) is 6.32. The van der Waals surface area contributed by atoms with Crippen LogP contribution in [0.15, 0.2) is 0 Å². The molecule has 1 heteroatoms. The lowest BCUT2D eigenvalue weighted by Crippen LogP contribution is -2.41.